The smallest absolute Gasteiger partial charge is 0.271 e. The number of hydrogen-bond acceptors (Lipinski definition) is 3. The molecule has 1 heterocycles. The molecule has 1 fully saturated rings. The Kier molecular flexibility index (Phi) is 3.24. The third kappa shape index (κ3) is 2.61. The van der Waals surface area contributed by atoms with Crippen LogP contribution in [-0.4, -0.2) is 27.8 Å². The number of carbonyl (C=O) groups is 1. The third-order valence-corrected chi connectivity index (χ3v) is 3.05. The van der Waals surface area contributed by atoms with Crippen LogP contribution >= 0.6 is 0 Å². The summed E-state index contributed by atoms with van der Waals surface area (Å²) in [6.45, 7) is 0. The molecule has 0 spiro atoms. The first-order valence-electron chi connectivity index (χ1n) is 5.71. The van der Waals surface area contributed by atoms with Gasteiger partial charge < -0.3 is 11.1 Å². The lowest BCUT2D eigenvalue weighted by molar-refractivity contribution is 0.0920. The van der Waals surface area contributed by atoms with Crippen molar-refractivity contribution >= 4 is 5.91 Å². The van der Waals surface area contributed by atoms with Gasteiger partial charge in [0.25, 0.3) is 5.91 Å². The van der Waals surface area contributed by atoms with Gasteiger partial charge in [-0.15, -0.1) is 0 Å². The standard InChI is InChI=1S/C11H18N4O/c1-15-7-6-10(14-15)11(16)13-9-4-2-8(12)3-5-9/h6-9H,2-5,12H2,1H3,(H,13,16). The highest BCUT2D eigenvalue weighted by molar-refractivity contribution is 5.92. The van der Waals surface area contributed by atoms with Crippen molar-refractivity contribution in [1.82, 2.24) is 15.1 Å². The zero-order chi connectivity index (χ0) is 11.5. The Bertz CT molecular complexity index is 366. The van der Waals surface area contributed by atoms with Gasteiger partial charge in [-0.1, -0.05) is 0 Å². The second-order valence-electron chi connectivity index (χ2n) is 4.46. The molecule has 0 atom stereocenters. The van der Waals surface area contributed by atoms with Crippen molar-refractivity contribution < 1.29 is 4.79 Å². The average molecular weight is 222 g/mol. The Morgan fingerprint density at radius 2 is 2.19 bits per heavy atom. The van der Waals surface area contributed by atoms with Gasteiger partial charge in [0.2, 0.25) is 0 Å². The van der Waals surface area contributed by atoms with Gasteiger partial charge >= 0.3 is 0 Å². The minimum Gasteiger partial charge on any atom is -0.348 e. The van der Waals surface area contributed by atoms with Gasteiger partial charge in [-0.05, 0) is 31.7 Å². The molecule has 3 N–H and O–H groups in total. The predicted molar refractivity (Wildman–Crippen MR) is 60.9 cm³/mol. The van der Waals surface area contributed by atoms with Crippen molar-refractivity contribution in [1.29, 1.82) is 0 Å². The fraction of sp³-hybridized carbons (Fsp3) is 0.636. The summed E-state index contributed by atoms with van der Waals surface area (Å²) in [5.41, 5.74) is 6.30. The minimum atomic E-state index is -0.0823. The summed E-state index contributed by atoms with van der Waals surface area (Å²) >= 11 is 0. The second-order valence-corrected chi connectivity index (χ2v) is 4.46. The predicted octanol–water partition coefficient (Wildman–Crippen LogP) is 0.420. The molecule has 2 rings (SSSR count). The molecule has 1 aromatic heterocycles. The van der Waals surface area contributed by atoms with Gasteiger partial charge in [0.15, 0.2) is 0 Å². The summed E-state index contributed by atoms with van der Waals surface area (Å²) in [5, 5.41) is 7.07. The molecule has 0 radical (unpaired) electrons. The summed E-state index contributed by atoms with van der Waals surface area (Å²) in [4.78, 5) is 11.8. The molecule has 0 saturated heterocycles. The summed E-state index contributed by atoms with van der Waals surface area (Å²) in [7, 11) is 1.80. The number of nitrogens with two attached hydrogens (primary N) is 1. The van der Waals surface area contributed by atoms with Crippen molar-refractivity contribution in [3.63, 3.8) is 0 Å². The molecule has 1 aromatic rings. The van der Waals surface area contributed by atoms with Gasteiger partial charge in [-0.2, -0.15) is 5.10 Å². The van der Waals surface area contributed by atoms with Crippen LogP contribution in [0.4, 0.5) is 0 Å². The molecule has 0 aromatic carbocycles. The van der Waals surface area contributed by atoms with Crippen molar-refractivity contribution in [2.75, 3.05) is 0 Å². The maximum absolute atomic E-state index is 11.8. The van der Waals surface area contributed by atoms with E-state index in [1.807, 2.05) is 0 Å². The normalized spacial score (nSPS) is 25.4. The van der Waals surface area contributed by atoms with Gasteiger partial charge in [-0.25, -0.2) is 0 Å². The summed E-state index contributed by atoms with van der Waals surface area (Å²) < 4.78 is 1.63. The summed E-state index contributed by atoms with van der Waals surface area (Å²) in [5.74, 6) is -0.0823. The molecule has 1 amide bonds. The monoisotopic (exact) mass is 222 g/mol. The number of aromatic nitrogens is 2. The number of rotatable bonds is 2. The lowest BCUT2D eigenvalue weighted by atomic mass is 9.92. The zero-order valence-electron chi connectivity index (χ0n) is 9.52. The SMILES string of the molecule is Cn1ccc(C(=O)NC2CCC(N)CC2)n1. The van der Waals surface area contributed by atoms with Crippen molar-refractivity contribution in [2.24, 2.45) is 12.8 Å². The lowest BCUT2D eigenvalue weighted by Gasteiger charge is -2.26. The maximum atomic E-state index is 11.8. The average Bonchev–Trinajstić information content (AvgIpc) is 2.68. The second kappa shape index (κ2) is 4.65. The van der Waals surface area contributed by atoms with Crippen molar-refractivity contribution in [3.8, 4) is 0 Å². The molecule has 88 valence electrons. The molecule has 1 aliphatic rings. The molecule has 1 saturated carbocycles. The Hall–Kier alpha value is -1.36. The first-order valence-corrected chi connectivity index (χ1v) is 5.71. The number of hydrogen-bond donors (Lipinski definition) is 2. The Morgan fingerprint density at radius 3 is 2.75 bits per heavy atom. The molecule has 5 heteroatoms. The summed E-state index contributed by atoms with van der Waals surface area (Å²) in [6, 6.07) is 2.29. The fourth-order valence-corrected chi connectivity index (χ4v) is 2.06. The van der Waals surface area contributed by atoms with Crippen LogP contribution in [0, 0.1) is 0 Å². The van der Waals surface area contributed by atoms with E-state index in [0.29, 0.717) is 11.7 Å². The zero-order valence-corrected chi connectivity index (χ0v) is 9.52. The highest BCUT2D eigenvalue weighted by Crippen LogP contribution is 2.17. The van der Waals surface area contributed by atoms with Gasteiger partial charge in [0.05, 0.1) is 0 Å². The number of nitrogens with zero attached hydrogens (tertiary/aromatic N) is 2. The van der Waals surface area contributed by atoms with Crippen LogP contribution < -0.4 is 11.1 Å². The number of aryl methyl sites for hydroxylation is 1. The van der Waals surface area contributed by atoms with E-state index in [0.717, 1.165) is 25.7 Å². The molecule has 0 unspecified atom stereocenters. The van der Waals surface area contributed by atoms with Gasteiger partial charge in [-0.3, -0.25) is 9.48 Å². The molecule has 16 heavy (non-hydrogen) atoms. The van der Waals surface area contributed by atoms with Crippen LogP contribution in [0.25, 0.3) is 0 Å². The number of nitrogens with one attached hydrogen (secondary N) is 1. The van der Waals surface area contributed by atoms with E-state index in [-0.39, 0.29) is 11.9 Å². The number of carbonyl (C=O) groups excluding carboxylic acids is 1. The highest BCUT2D eigenvalue weighted by Gasteiger charge is 2.21. The van der Waals surface area contributed by atoms with Crippen molar-refractivity contribution in [3.05, 3.63) is 18.0 Å². The van der Waals surface area contributed by atoms with E-state index in [1.54, 1.807) is 24.0 Å². The molecule has 0 aliphatic heterocycles. The Labute approximate surface area is 95.0 Å². The highest BCUT2D eigenvalue weighted by atomic mass is 16.2. The lowest BCUT2D eigenvalue weighted by Crippen LogP contribution is -2.40. The number of amides is 1. The molecular formula is C11H18N4O. The topological polar surface area (TPSA) is 72.9 Å². The van der Waals surface area contributed by atoms with E-state index >= 15 is 0 Å². The first kappa shape index (κ1) is 11.1. The minimum absolute atomic E-state index is 0.0823. The van der Waals surface area contributed by atoms with Crippen LogP contribution in [0.2, 0.25) is 0 Å². The van der Waals surface area contributed by atoms with Crippen molar-refractivity contribution in [2.45, 2.75) is 37.8 Å². The van der Waals surface area contributed by atoms with Gasteiger partial charge in [0.1, 0.15) is 5.69 Å². The van der Waals surface area contributed by atoms with E-state index in [1.165, 1.54) is 0 Å². The van der Waals surface area contributed by atoms with E-state index in [9.17, 15) is 4.79 Å². The quantitative estimate of drug-likeness (QED) is 0.761. The van der Waals surface area contributed by atoms with Crippen LogP contribution in [0.5, 0.6) is 0 Å². The largest absolute Gasteiger partial charge is 0.348 e. The fourth-order valence-electron chi connectivity index (χ4n) is 2.06. The molecular weight excluding hydrogens is 204 g/mol. The van der Waals surface area contributed by atoms with Gasteiger partial charge in [0, 0.05) is 25.3 Å². The van der Waals surface area contributed by atoms with E-state index in [2.05, 4.69) is 10.4 Å². The Morgan fingerprint density at radius 1 is 1.50 bits per heavy atom. The third-order valence-electron chi connectivity index (χ3n) is 3.05. The van der Waals surface area contributed by atoms with Crippen LogP contribution in [0.1, 0.15) is 36.2 Å². The Balaban J connectivity index is 1.88. The van der Waals surface area contributed by atoms with E-state index < -0.39 is 0 Å². The van der Waals surface area contributed by atoms with E-state index in [4.69, 9.17) is 5.73 Å². The van der Waals surface area contributed by atoms with Crippen LogP contribution in [-0.2, 0) is 7.05 Å². The molecule has 5 nitrogen and oxygen atoms in total. The molecule has 0 bridgehead atoms. The maximum Gasteiger partial charge on any atom is 0.271 e. The molecule has 1 aliphatic carbocycles. The van der Waals surface area contributed by atoms with Crippen LogP contribution in [0.15, 0.2) is 12.3 Å². The first-order chi connectivity index (χ1) is 7.65. The van der Waals surface area contributed by atoms with Crippen LogP contribution in [0.3, 0.4) is 0 Å². The summed E-state index contributed by atoms with van der Waals surface area (Å²) in [6.07, 6.45) is 5.70.